The molecule has 0 bridgehead atoms. The second kappa shape index (κ2) is 5.27. The minimum atomic E-state index is -0.853. The monoisotopic (exact) mass is 275 g/mol. The largest absolute Gasteiger partial charge is 0.481 e. The Kier molecular flexibility index (Phi) is 3.84. The summed E-state index contributed by atoms with van der Waals surface area (Å²) in [6.45, 7) is 5.61. The molecule has 1 aliphatic carbocycles. The molecule has 108 valence electrons. The van der Waals surface area contributed by atoms with Crippen LogP contribution in [-0.4, -0.2) is 23.0 Å². The average molecular weight is 275 g/mol. The number of rotatable bonds is 3. The molecule has 2 rings (SSSR count). The van der Waals surface area contributed by atoms with E-state index in [1.54, 1.807) is 6.92 Å². The number of hydrogen-bond donors (Lipinski definition) is 2. The molecule has 4 nitrogen and oxygen atoms in total. The Morgan fingerprint density at radius 3 is 2.40 bits per heavy atom. The third-order valence-corrected chi connectivity index (χ3v) is 4.24. The SMILES string of the molecule is Cc1cc(C)cc(C(=O)NC2CCCC2(C)C(=O)O)c1. The lowest BCUT2D eigenvalue weighted by molar-refractivity contribution is -0.148. The molecule has 0 spiro atoms. The van der Waals surface area contributed by atoms with Gasteiger partial charge in [0.1, 0.15) is 0 Å². The quantitative estimate of drug-likeness (QED) is 0.891. The van der Waals surface area contributed by atoms with Crippen molar-refractivity contribution in [3.63, 3.8) is 0 Å². The standard InChI is InChI=1S/C16H21NO3/c1-10-7-11(2)9-12(8-10)14(18)17-13-5-4-6-16(13,3)15(19)20/h7-9,13H,4-6H2,1-3H3,(H,17,18)(H,19,20). The van der Waals surface area contributed by atoms with Gasteiger partial charge in [0.25, 0.3) is 5.91 Å². The van der Waals surface area contributed by atoms with Crippen molar-refractivity contribution < 1.29 is 14.7 Å². The van der Waals surface area contributed by atoms with Crippen LogP contribution in [0.3, 0.4) is 0 Å². The van der Waals surface area contributed by atoms with Gasteiger partial charge >= 0.3 is 5.97 Å². The van der Waals surface area contributed by atoms with E-state index in [2.05, 4.69) is 5.32 Å². The number of benzene rings is 1. The molecule has 2 unspecified atom stereocenters. The van der Waals surface area contributed by atoms with Crippen LogP contribution in [0.2, 0.25) is 0 Å². The van der Waals surface area contributed by atoms with E-state index < -0.39 is 11.4 Å². The minimum absolute atomic E-state index is 0.184. The molecule has 0 saturated heterocycles. The van der Waals surface area contributed by atoms with Crippen LogP contribution in [0.5, 0.6) is 0 Å². The molecule has 4 heteroatoms. The van der Waals surface area contributed by atoms with Gasteiger partial charge in [0.15, 0.2) is 0 Å². The summed E-state index contributed by atoms with van der Waals surface area (Å²) in [6, 6.07) is 5.37. The van der Waals surface area contributed by atoms with Crippen molar-refractivity contribution in [1.29, 1.82) is 0 Å². The number of carboxylic acids is 1. The van der Waals surface area contributed by atoms with E-state index in [1.807, 2.05) is 32.0 Å². The van der Waals surface area contributed by atoms with Crippen molar-refractivity contribution in [3.8, 4) is 0 Å². The molecule has 0 aromatic heterocycles. The molecule has 0 radical (unpaired) electrons. The average Bonchev–Trinajstić information content (AvgIpc) is 2.71. The van der Waals surface area contributed by atoms with Gasteiger partial charge in [-0.2, -0.15) is 0 Å². The lowest BCUT2D eigenvalue weighted by atomic mass is 9.85. The Morgan fingerprint density at radius 2 is 1.85 bits per heavy atom. The highest BCUT2D eigenvalue weighted by atomic mass is 16.4. The first-order chi connectivity index (χ1) is 9.33. The Hall–Kier alpha value is -1.84. The van der Waals surface area contributed by atoms with Crippen LogP contribution in [0.15, 0.2) is 18.2 Å². The third-order valence-electron chi connectivity index (χ3n) is 4.24. The van der Waals surface area contributed by atoms with E-state index in [1.165, 1.54) is 0 Å². The normalized spacial score (nSPS) is 25.4. The number of aliphatic carboxylic acids is 1. The third kappa shape index (κ3) is 2.69. The molecule has 20 heavy (non-hydrogen) atoms. The summed E-state index contributed by atoms with van der Waals surface area (Å²) in [4.78, 5) is 23.7. The van der Waals surface area contributed by atoms with Crippen molar-refractivity contribution in [3.05, 3.63) is 34.9 Å². The summed E-state index contributed by atoms with van der Waals surface area (Å²) in [7, 11) is 0. The molecule has 0 aliphatic heterocycles. The Balaban J connectivity index is 2.17. The van der Waals surface area contributed by atoms with Gasteiger partial charge in [-0.05, 0) is 45.7 Å². The molecule has 1 aromatic carbocycles. The van der Waals surface area contributed by atoms with Crippen LogP contribution in [-0.2, 0) is 4.79 Å². The van der Waals surface area contributed by atoms with Gasteiger partial charge in [-0.1, -0.05) is 23.6 Å². The lowest BCUT2D eigenvalue weighted by Gasteiger charge is -2.27. The van der Waals surface area contributed by atoms with Gasteiger partial charge in [0.05, 0.1) is 5.41 Å². The summed E-state index contributed by atoms with van der Waals surface area (Å²) >= 11 is 0. The second-order valence-corrected chi connectivity index (χ2v) is 6.02. The van der Waals surface area contributed by atoms with Gasteiger partial charge in [-0.3, -0.25) is 9.59 Å². The Labute approximate surface area is 119 Å². The van der Waals surface area contributed by atoms with Crippen LogP contribution in [0.25, 0.3) is 0 Å². The van der Waals surface area contributed by atoms with E-state index in [0.29, 0.717) is 12.0 Å². The summed E-state index contributed by atoms with van der Waals surface area (Å²) in [5.41, 5.74) is 1.81. The highest BCUT2D eigenvalue weighted by Crippen LogP contribution is 2.38. The number of aryl methyl sites for hydroxylation is 2. The highest BCUT2D eigenvalue weighted by Gasteiger charge is 2.45. The highest BCUT2D eigenvalue weighted by molar-refractivity contribution is 5.95. The second-order valence-electron chi connectivity index (χ2n) is 6.02. The van der Waals surface area contributed by atoms with Crippen LogP contribution in [0, 0.1) is 19.3 Å². The summed E-state index contributed by atoms with van der Waals surface area (Å²) in [5.74, 6) is -1.02. The number of carbonyl (C=O) groups is 2. The number of amides is 1. The number of hydrogen-bond acceptors (Lipinski definition) is 2. The van der Waals surface area contributed by atoms with Crippen LogP contribution >= 0.6 is 0 Å². The van der Waals surface area contributed by atoms with Gasteiger partial charge in [0.2, 0.25) is 0 Å². The maximum atomic E-state index is 12.3. The zero-order chi connectivity index (χ0) is 14.9. The predicted molar refractivity (Wildman–Crippen MR) is 76.8 cm³/mol. The maximum Gasteiger partial charge on any atom is 0.311 e. The number of carboxylic acid groups (broad SMARTS) is 1. The molecule has 1 aliphatic rings. The molecular weight excluding hydrogens is 254 g/mol. The Morgan fingerprint density at radius 1 is 1.25 bits per heavy atom. The first-order valence-electron chi connectivity index (χ1n) is 6.95. The lowest BCUT2D eigenvalue weighted by Crippen LogP contribution is -2.47. The van der Waals surface area contributed by atoms with Crippen molar-refractivity contribution in [2.45, 2.75) is 46.1 Å². The van der Waals surface area contributed by atoms with Crippen LogP contribution in [0.1, 0.15) is 47.7 Å². The number of nitrogens with one attached hydrogen (secondary N) is 1. The molecule has 0 heterocycles. The van der Waals surface area contributed by atoms with Crippen molar-refractivity contribution in [2.75, 3.05) is 0 Å². The predicted octanol–water partition coefficient (Wildman–Crippen LogP) is 2.68. The fourth-order valence-electron chi connectivity index (χ4n) is 3.00. The van der Waals surface area contributed by atoms with Gasteiger partial charge in [-0.15, -0.1) is 0 Å². The van der Waals surface area contributed by atoms with E-state index in [9.17, 15) is 14.7 Å². The Bertz CT molecular complexity index is 532. The fraction of sp³-hybridized carbons (Fsp3) is 0.500. The summed E-state index contributed by atoms with van der Waals surface area (Å²) < 4.78 is 0. The summed E-state index contributed by atoms with van der Waals surface area (Å²) in [6.07, 6.45) is 2.17. The molecule has 2 N–H and O–H groups in total. The number of carbonyl (C=O) groups excluding carboxylic acids is 1. The molecule has 1 fully saturated rings. The fourth-order valence-corrected chi connectivity index (χ4v) is 3.00. The van der Waals surface area contributed by atoms with E-state index in [0.717, 1.165) is 24.0 Å². The topological polar surface area (TPSA) is 66.4 Å². The van der Waals surface area contributed by atoms with E-state index >= 15 is 0 Å². The van der Waals surface area contributed by atoms with E-state index in [-0.39, 0.29) is 11.9 Å². The van der Waals surface area contributed by atoms with Crippen molar-refractivity contribution in [2.24, 2.45) is 5.41 Å². The van der Waals surface area contributed by atoms with Gasteiger partial charge in [-0.25, -0.2) is 0 Å². The maximum absolute atomic E-state index is 12.3. The van der Waals surface area contributed by atoms with Crippen molar-refractivity contribution in [1.82, 2.24) is 5.32 Å². The zero-order valence-corrected chi connectivity index (χ0v) is 12.2. The zero-order valence-electron chi connectivity index (χ0n) is 12.2. The molecular formula is C16H21NO3. The first-order valence-corrected chi connectivity index (χ1v) is 6.95. The smallest absolute Gasteiger partial charge is 0.311 e. The minimum Gasteiger partial charge on any atom is -0.481 e. The van der Waals surface area contributed by atoms with Gasteiger partial charge < -0.3 is 10.4 Å². The first kappa shape index (κ1) is 14.6. The molecule has 2 atom stereocenters. The van der Waals surface area contributed by atoms with Gasteiger partial charge in [0, 0.05) is 11.6 Å². The molecule has 1 saturated carbocycles. The van der Waals surface area contributed by atoms with E-state index in [4.69, 9.17) is 0 Å². The van der Waals surface area contributed by atoms with Crippen LogP contribution < -0.4 is 5.32 Å². The molecule has 1 aromatic rings. The van der Waals surface area contributed by atoms with Crippen LogP contribution in [0.4, 0.5) is 0 Å². The molecule has 1 amide bonds. The van der Waals surface area contributed by atoms with Crippen molar-refractivity contribution >= 4 is 11.9 Å². The summed E-state index contributed by atoms with van der Waals surface area (Å²) in [5, 5.41) is 12.3.